The number of halogens is 2. The second-order valence-corrected chi connectivity index (χ2v) is 9.85. The monoisotopic (exact) mass is 523 g/mol. The smallest absolute Gasteiger partial charge is 0.348 e. The van der Waals surface area contributed by atoms with Gasteiger partial charge in [0.05, 0.1) is 12.3 Å². The minimum absolute atomic E-state index is 0.162. The Morgan fingerprint density at radius 3 is 2.08 bits per heavy atom. The Hall–Kier alpha value is -3.28. The molecule has 4 nitrogen and oxygen atoms in total. The molecule has 0 radical (unpaired) electrons. The number of ether oxygens (including phenoxy) is 2. The molecule has 0 N–H and O–H groups in total. The number of carbonyl (C=O) groups is 1. The molecule has 0 aliphatic carbocycles. The van der Waals surface area contributed by atoms with E-state index in [0.717, 1.165) is 30.4 Å². The van der Waals surface area contributed by atoms with Gasteiger partial charge in [0.25, 0.3) is 0 Å². The van der Waals surface area contributed by atoms with Crippen LogP contribution in [0.25, 0.3) is 22.4 Å². The van der Waals surface area contributed by atoms with E-state index in [2.05, 4.69) is 11.9 Å². The molecular formula is C32H39F2NO3. The molecule has 0 saturated carbocycles. The molecule has 1 aromatic heterocycles. The van der Waals surface area contributed by atoms with Gasteiger partial charge in [0, 0.05) is 17.3 Å². The van der Waals surface area contributed by atoms with Gasteiger partial charge in [0.15, 0.2) is 11.6 Å². The lowest BCUT2D eigenvalue weighted by Gasteiger charge is -2.18. The lowest BCUT2D eigenvalue weighted by atomic mass is 9.99. The number of benzene rings is 2. The van der Waals surface area contributed by atoms with E-state index < -0.39 is 17.5 Å². The van der Waals surface area contributed by atoms with Crippen LogP contribution in [0.2, 0.25) is 0 Å². The average Bonchev–Trinajstić information content (AvgIpc) is 2.92. The van der Waals surface area contributed by atoms with Crippen molar-refractivity contribution in [2.75, 3.05) is 6.61 Å². The second kappa shape index (κ2) is 14.6. The minimum atomic E-state index is -2.01. The maximum Gasteiger partial charge on any atom is 0.348 e. The third kappa shape index (κ3) is 8.64. The van der Waals surface area contributed by atoms with E-state index in [-0.39, 0.29) is 12.2 Å². The van der Waals surface area contributed by atoms with Crippen molar-refractivity contribution in [2.24, 2.45) is 0 Å². The summed E-state index contributed by atoms with van der Waals surface area (Å²) in [5.41, 5.74) is 0.994. The molecular weight excluding hydrogens is 484 g/mol. The second-order valence-electron chi connectivity index (χ2n) is 9.85. The Morgan fingerprint density at radius 2 is 1.47 bits per heavy atom. The summed E-state index contributed by atoms with van der Waals surface area (Å²) in [5.74, 6) is -0.771. The van der Waals surface area contributed by atoms with Gasteiger partial charge in [0.1, 0.15) is 5.75 Å². The average molecular weight is 524 g/mol. The number of rotatable bonds is 15. The number of alkyl halides is 1. The molecule has 204 valence electrons. The van der Waals surface area contributed by atoms with E-state index in [1.807, 2.05) is 12.1 Å². The first-order valence-corrected chi connectivity index (χ1v) is 13.7. The van der Waals surface area contributed by atoms with Crippen molar-refractivity contribution in [1.29, 1.82) is 0 Å². The molecule has 0 aliphatic rings. The van der Waals surface area contributed by atoms with E-state index >= 15 is 0 Å². The predicted molar refractivity (Wildman–Crippen MR) is 149 cm³/mol. The van der Waals surface area contributed by atoms with Crippen LogP contribution < -0.4 is 9.47 Å². The third-order valence-corrected chi connectivity index (χ3v) is 6.61. The summed E-state index contributed by atoms with van der Waals surface area (Å²) in [6.07, 6.45) is 10.7. The van der Waals surface area contributed by atoms with Crippen LogP contribution >= 0.6 is 0 Å². The molecule has 0 aliphatic heterocycles. The first-order valence-electron chi connectivity index (χ1n) is 13.7. The van der Waals surface area contributed by atoms with Crippen LogP contribution in [0.15, 0.2) is 60.8 Å². The zero-order valence-corrected chi connectivity index (χ0v) is 22.8. The molecule has 2 aromatic carbocycles. The highest BCUT2D eigenvalue weighted by Crippen LogP contribution is 2.28. The van der Waals surface area contributed by atoms with Crippen molar-refractivity contribution < 1.29 is 23.0 Å². The Kier molecular flexibility index (Phi) is 11.3. The molecule has 0 unspecified atom stereocenters. The minimum Gasteiger partial charge on any atom is -0.491 e. The van der Waals surface area contributed by atoms with Gasteiger partial charge in [-0.1, -0.05) is 70.1 Å². The Balaban J connectivity index is 1.51. The molecule has 1 heterocycles. The molecule has 1 atom stereocenters. The zero-order valence-electron chi connectivity index (χ0n) is 22.8. The molecule has 3 rings (SSSR count). The quantitative estimate of drug-likeness (QED) is 0.113. The molecule has 0 amide bonds. The van der Waals surface area contributed by atoms with Crippen LogP contribution in [0.4, 0.5) is 8.78 Å². The maximum atomic E-state index is 14.9. The SMILES string of the molecule is CCCCCCCCCC[C@](C)(F)C(=O)Oc1ccc(-c2ccc(-c3ccc(OCC)c(F)c3)nc2)cc1. The predicted octanol–water partition coefficient (Wildman–Crippen LogP) is 9.12. The van der Waals surface area contributed by atoms with E-state index in [0.29, 0.717) is 30.0 Å². The van der Waals surface area contributed by atoms with Crippen LogP contribution in [-0.4, -0.2) is 23.2 Å². The maximum absolute atomic E-state index is 14.9. The van der Waals surface area contributed by atoms with Crippen LogP contribution in [0.5, 0.6) is 11.5 Å². The van der Waals surface area contributed by atoms with Gasteiger partial charge in [-0.2, -0.15) is 0 Å². The van der Waals surface area contributed by atoms with E-state index in [1.54, 1.807) is 49.5 Å². The van der Waals surface area contributed by atoms with Crippen molar-refractivity contribution >= 4 is 5.97 Å². The van der Waals surface area contributed by atoms with Crippen molar-refractivity contribution in [1.82, 2.24) is 4.98 Å². The van der Waals surface area contributed by atoms with Gasteiger partial charge in [-0.05, 0) is 68.7 Å². The largest absolute Gasteiger partial charge is 0.491 e. The number of nitrogens with zero attached hydrogens (tertiary/aromatic N) is 1. The van der Waals surface area contributed by atoms with Crippen LogP contribution in [0.3, 0.4) is 0 Å². The molecule has 0 bridgehead atoms. The van der Waals surface area contributed by atoms with Gasteiger partial charge < -0.3 is 9.47 Å². The summed E-state index contributed by atoms with van der Waals surface area (Å²) in [4.78, 5) is 16.9. The van der Waals surface area contributed by atoms with Crippen molar-refractivity contribution in [3.8, 4) is 33.9 Å². The Morgan fingerprint density at radius 1 is 0.842 bits per heavy atom. The van der Waals surface area contributed by atoms with Gasteiger partial charge in [-0.3, -0.25) is 4.98 Å². The topological polar surface area (TPSA) is 48.4 Å². The van der Waals surface area contributed by atoms with Gasteiger partial charge in [-0.15, -0.1) is 0 Å². The number of hydrogen-bond donors (Lipinski definition) is 0. The standard InChI is InChI=1S/C32H39F2NO3/c1-4-6-7-8-9-10-11-12-21-32(3,34)31(36)38-27-17-13-24(14-18-27)26-15-19-29(35-23-26)25-16-20-30(37-5-2)28(33)22-25/h13-20,22-23H,4-12,21H2,1-3H3/t32-/m0/s1. The van der Waals surface area contributed by atoms with Gasteiger partial charge >= 0.3 is 5.97 Å². The van der Waals surface area contributed by atoms with Crippen LogP contribution in [0, 0.1) is 5.82 Å². The number of hydrogen-bond acceptors (Lipinski definition) is 4. The Labute approximate surface area is 225 Å². The highest BCUT2D eigenvalue weighted by molar-refractivity contribution is 5.81. The van der Waals surface area contributed by atoms with Crippen molar-refractivity contribution in [3.63, 3.8) is 0 Å². The number of unbranched alkanes of at least 4 members (excludes halogenated alkanes) is 7. The van der Waals surface area contributed by atoms with Gasteiger partial charge in [-0.25, -0.2) is 13.6 Å². The lowest BCUT2D eigenvalue weighted by molar-refractivity contribution is -0.147. The number of aromatic nitrogens is 1. The molecule has 6 heteroatoms. The highest BCUT2D eigenvalue weighted by atomic mass is 19.1. The van der Waals surface area contributed by atoms with Crippen molar-refractivity contribution in [3.05, 3.63) is 66.6 Å². The van der Waals surface area contributed by atoms with Gasteiger partial charge in [0.2, 0.25) is 5.67 Å². The normalized spacial score (nSPS) is 12.7. The molecule has 0 saturated heterocycles. The van der Waals surface area contributed by atoms with Crippen LogP contribution in [-0.2, 0) is 4.79 Å². The Bertz CT molecular complexity index is 1140. The summed E-state index contributed by atoms with van der Waals surface area (Å²) in [5, 5.41) is 0. The molecule has 0 fully saturated rings. The fourth-order valence-corrected chi connectivity index (χ4v) is 4.29. The lowest BCUT2D eigenvalue weighted by Crippen LogP contribution is -2.34. The summed E-state index contributed by atoms with van der Waals surface area (Å²) in [7, 11) is 0. The number of pyridine rings is 1. The van der Waals surface area contributed by atoms with E-state index in [9.17, 15) is 13.6 Å². The zero-order chi connectivity index (χ0) is 27.4. The van der Waals surface area contributed by atoms with Crippen molar-refractivity contribution in [2.45, 2.75) is 84.2 Å². The molecule has 38 heavy (non-hydrogen) atoms. The molecule has 3 aromatic rings. The van der Waals surface area contributed by atoms with E-state index in [1.165, 1.54) is 38.7 Å². The third-order valence-electron chi connectivity index (χ3n) is 6.61. The first kappa shape index (κ1) is 29.3. The number of carbonyl (C=O) groups excluding carboxylic acids is 1. The summed E-state index contributed by atoms with van der Waals surface area (Å²) < 4.78 is 39.7. The van der Waals surface area contributed by atoms with Crippen LogP contribution in [0.1, 0.15) is 78.6 Å². The summed E-state index contributed by atoms with van der Waals surface area (Å²) in [6, 6.07) is 15.4. The summed E-state index contributed by atoms with van der Waals surface area (Å²) in [6.45, 7) is 5.70. The first-order chi connectivity index (χ1) is 18.3. The fraction of sp³-hybridized carbons (Fsp3) is 0.438. The van der Waals surface area contributed by atoms with E-state index in [4.69, 9.17) is 9.47 Å². The molecule has 0 spiro atoms. The number of esters is 1. The highest BCUT2D eigenvalue weighted by Gasteiger charge is 2.34. The summed E-state index contributed by atoms with van der Waals surface area (Å²) >= 11 is 0. The fourth-order valence-electron chi connectivity index (χ4n) is 4.29.